The number of thiophene rings is 2. The minimum atomic E-state index is 1.12. The Labute approximate surface area is 327 Å². The number of fused-ring (bicyclic) bond motifs is 7. The molecule has 0 aliphatic heterocycles. The van der Waals surface area contributed by atoms with Gasteiger partial charge in [-0.25, -0.2) is 0 Å². The second-order valence-corrected chi connectivity index (χ2v) is 16.1. The first-order valence-electron chi connectivity index (χ1n) is 18.7. The third-order valence-corrected chi connectivity index (χ3v) is 13.3. The van der Waals surface area contributed by atoms with Gasteiger partial charge in [0.25, 0.3) is 0 Å². The van der Waals surface area contributed by atoms with E-state index in [9.17, 15) is 0 Å². The van der Waals surface area contributed by atoms with Crippen molar-refractivity contribution < 1.29 is 0 Å². The monoisotopic (exact) mass is 735 g/mol. The molecule has 3 heteroatoms. The summed E-state index contributed by atoms with van der Waals surface area (Å²) in [5.74, 6) is 0. The summed E-state index contributed by atoms with van der Waals surface area (Å²) in [4.78, 5) is 2.47. The summed E-state index contributed by atoms with van der Waals surface area (Å²) in [6.45, 7) is 0. The third-order valence-electron chi connectivity index (χ3n) is 10.9. The summed E-state index contributed by atoms with van der Waals surface area (Å²) in [5.41, 5.74) is 10.8. The second kappa shape index (κ2) is 13.1. The molecule has 0 fully saturated rings. The van der Waals surface area contributed by atoms with Gasteiger partial charge in [-0.2, -0.15) is 0 Å². The Balaban J connectivity index is 1.19. The molecule has 11 aromatic rings. The molecule has 11 rings (SSSR count). The predicted molar refractivity (Wildman–Crippen MR) is 241 cm³/mol. The lowest BCUT2D eigenvalue weighted by Crippen LogP contribution is -2.10. The number of hydrogen-bond acceptors (Lipinski definition) is 3. The van der Waals surface area contributed by atoms with E-state index in [1.165, 1.54) is 90.2 Å². The van der Waals surface area contributed by atoms with Crippen LogP contribution in [-0.2, 0) is 0 Å². The minimum absolute atomic E-state index is 1.12. The van der Waals surface area contributed by atoms with Crippen LogP contribution in [0.15, 0.2) is 200 Å². The van der Waals surface area contributed by atoms with Crippen LogP contribution in [0.2, 0.25) is 0 Å². The lowest BCUT2D eigenvalue weighted by atomic mass is 9.90. The first kappa shape index (κ1) is 32.0. The van der Waals surface area contributed by atoms with Crippen molar-refractivity contribution in [2.45, 2.75) is 0 Å². The zero-order chi connectivity index (χ0) is 36.3. The average Bonchev–Trinajstić information content (AvgIpc) is 3.83. The summed E-state index contributed by atoms with van der Waals surface area (Å²) in [5, 5.41) is 7.69. The van der Waals surface area contributed by atoms with E-state index in [4.69, 9.17) is 0 Å². The fraction of sp³-hybridized carbons (Fsp3) is 0. The standard InChI is InChI=1S/C52H33NS2/c1-2-13-34(14-3-1)35-27-29-37(30-28-35)53(48-24-12-23-45-43-19-7-9-26-50(43)55-52(45)48)38-31-32-41(40-20-10-16-36-15-4-5-17-39(36)40)47(33-38)46-22-11-21-44-42-18-6-8-25-49(42)54-51(44)46/h1-33H. The Bertz CT molecular complexity index is 3200. The van der Waals surface area contributed by atoms with E-state index in [-0.39, 0.29) is 0 Å². The summed E-state index contributed by atoms with van der Waals surface area (Å²) in [6.07, 6.45) is 0. The second-order valence-electron chi connectivity index (χ2n) is 14.0. The summed E-state index contributed by atoms with van der Waals surface area (Å²) < 4.78 is 5.20. The molecule has 0 unspecified atom stereocenters. The van der Waals surface area contributed by atoms with Gasteiger partial charge in [0.05, 0.1) is 10.4 Å². The molecule has 0 radical (unpaired) electrons. The van der Waals surface area contributed by atoms with Crippen molar-refractivity contribution in [3.05, 3.63) is 200 Å². The highest BCUT2D eigenvalue weighted by Gasteiger charge is 2.22. The van der Waals surface area contributed by atoms with Crippen molar-refractivity contribution in [3.63, 3.8) is 0 Å². The van der Waals surface area contributed by atoms with Gasteiger partial charge in [0.2, 0.25) is 0 Å². The molecule has 0 aliphatic rings. The molecule has 0 saturated carbocycles. The molecule has 55 heavy (non-hydrogen) atoms. The van der Waals surface area contributed by atoms with Crippen LogP contribution in [0.5, 0.6) is 0 Å². The number of anilines is 3. The van der Waals surface area contributed by atoms with Crippen LogP contribution in [0.1, 0.15) is 0 Å². The minimum Gasteiger partial charge on any atom is -0.309 e. The molecule has 0 saturated heterocycles. The highest BCUT2D eigenvalue weighted by atomic mass is 32.1. The Morgan fingerprint density at radius 3 is 1.64 bits per heavy atom. The van der Waals surface area contributed by atoms with Crippen molar-refractivity contribution >= 4 is 90.9 Å². The van der Waals surface area contributed by atoms with Crippen LogP contribution in [-0.4, -0.2) is 0 Å². The van der Waals surface area contributed by atoms with Crippen LogP contribution >= 0.6 is 22.7 Å². The third kappa shape index (κ3) is 5.35. The average molecular weight is 736 g/mol. The molecule has 0 N–H and O–H groups in total. The smallest absolute Gasteiger partial charge is 0.0640 e. The SMILES string of the molecule is c1ccc(-c2ccc(N(c3ccc(-c4cccc5ccccc45)c(-c4cccc5c4sc4ccccc45)c3)c3cccc4c3sc3ccccc34)cc2)cc1. The number of rotatable bonds is 6. The first-order valence-corrected chi connectivity index (χ1v) is 20.3. The van der Waals surface area contributed by atoms with Crippen molar-refractivity contribution in [1.29, 1.82) is 0 Å². The van der Waals surface area contributed by atoms with Crippen molar-refractivity contribution in [3.8, 4) is 33.4 Å². The molecule has 9 aromatic carbocycles. The van der Waals surface area contributed by atoms with Crippen LogP contribution in [0.3, 0.4) is 0 Å². The van der Waals surface area contributed by atoms with Crippen molar-refractivity contribution in [1.82, 2.24) is 0 Å². The van der Waals surface area contributed by atoms with Gasteiger partial charge in [-0.15, -0.1) is 22.7 Å². The highest BCUT2D eigenvalue weighted by Crippen LogP contribution is 2.49. The van der Waals surface area contributed by atoms with Crippen LogP contribution in [0.25, 0.3) is 84.5 Å². The lowest BCUT2D eigenvalue weighted by molar-refractivity contribution is 1.30. The molecule has 0 bridgehead atoms. The maximum atomic E-state index is 2.47. The lowest BCUT2D eigenvalue weighted by Gasteiger charge is -2.28. The van der Waals surface area contributed by atoms with Gasteiger partial charge in [-0.1, -0.05) is 158 Å². The van der Waals surface area contributed by atoms with Gasteiger partial charge in [0.15, 0.2) is 0 Å². The predicted octanol–water partition coefficient (Wildman–Crippen LogP) is 16.0. The van der Waals surface area contributed by atoms with E-state index < -0.39 is 0 Å². The summed E-state index contributed by atoms with van der Waals surface area (Å²) >= 11 is 3.76. The topological polar surface area (TPSA) is 3.24 Å². The van der Waals surface area contributed by atoms with Gasteiger partial charge in [0, 0.05) is 52.6 Å². The highest BCUT2D eigenvalue weighted by molar-refractivity contribution is 7.26. The van der Waals surface area contributed by atoms with Gasteiger partial charge in [-0.3, -0.25) is 0 Å². The zero-order valence-electron chi connectivity index (χ0n) is 29.8. The largest absolute Gasteiger partial charge is 0.309 e. The van der Waals surface area contributed by atoms with Gasteiger partial charge >= 0.3 is 0 Å². The van der Waals surface area contributed by atoms with Gasteiger partial charge in [-0.05, 0) is 81.1 Å². The zero-order valence-corrected chi connectivity index (χ0v) is 31.4. The van der Waals surface area contributed by atoms with Gasteiger partial charge in [0.1, 0.15) is 0 Å². The maximum absolute atomic E-state index is 2.47. The molecule has 2 aromatic heterocycles. The molecule has 0 aliphatic carbocycles. The fourth-order valence-electron chi connectivity index (χ4n) is 8.32. The number of benzene rings is 9. The summed E-state index contributed by atoms with van der Waals surface area (Å²) in [7, 11) is 0. The normalized spacial score (nSPS) is 11.6. The Kier molecular flexibility index (Phi) is 7.61. The maximum Gasteiger partial charge on any atom is 0.0640 e. The van der Waals surface area contributed by atoms with Crippen molar-refractivity contribution in [2.75, 3.05) is 4.90 Å². The fourth-order valence-corrected chi connectivity index (χ4v) is 10.8. The summed E-state index contributed by atoms with van der Waals surface area (Å²) in [6, 6.07) is 73.4. The number of nitrogens with zero attached hydrogens (tertiary/aromatic N) is 1. The van der Waals surface area contributed by atoms with Crippen molar-refractivity contribution in [2.24, 2.45) is 0 Å². The van der Waals surface area contributed by atoms with E-state index in [0.717, 1.165) is 11.4 Å². The molecule has 2 heterocycles. The van der Waals surface area contributed by atoms with Crippen LogP contribution < -0.4 is 4.90 Å². The Morgan fingerprint density at radius 2 is 0.855 bits per heavy atom. The van der Waals surface area contributed by atoms with Crippen LogP contribution in [0.4, 0.5) is 17.1 Å². The Morgan fingerprint density at radius 1 is 0.309 bits per heavy atom. The van der Waals surface area contributed by atoms with Gasteiger partial charge < -0.3 is 4.90 Å². The molecule has 0 spiro atoms. The van der Waals surface area contributed by atoms with E-state index in [0.29, 0.717) is 0 Å². The molecule has 0 atom stereocenters. The molecule has 1 nitrogen and oxygen atoms in total. The van der Waals surface area contributed by atoms with Crippen LogP contribution in [0, 0.1) is 0 Å². The molecular weight excluding hydrogens is 703 g/mol. The van der Waals surface area contributed by atoms with E-state index >= 15 is 0 Å². The molecule has 0 amide bonds. The molecular formula is C52H33NS2. The Hall–Kier alpha value is -6.52. The van der Waals surface area contributed by atoms with E-state index in [2.05, 4.69) is 205 Å². The first-order chi connectivity index (χ1) is 27.3. The number of hydrogen-bond donors (Lipinski definition) is 0. The van der Waals surface area contributed by atoms with E-state index in [1.54, 1.807) is 0 Å². The molecule has 258 valence electrons. The van der Waals surface area contributed by atoms with E-state index in [1.807, 2.05) is 22.7 Å². The quantitative estimate of drug-likeness (QED) is 0.164.